The number of benzene rings is 1. The first kappa shape index (κ1) is 13.5. The van der Waals surface area contributed by atoms with Gasteiger partial charge < -0.3 is 14.8 Å². The van der Waals surface area contributed by atoms with Crippen LogP contribution in [0.25, 0.3) is 0 Å². The molecule has 1 heterocycles. The highest BCUT2D eigenvalue weighted by Crippen LogP contribution is 2.14. The highest BCUT2D eigenvalue weighted by molar-refractivity contribution is 5.15. The van der Waals surface area contributed by atoms with Gasteiger partial charge in [0.1, 0.15) is 0 Å². The zero-order chi connectivity index (χ0) is 12.6. The minimum absolute atomic E-state index is 0.111. The van der Waals surface area contributed by atoms with Crippen LogP contribution in [0.5, 0.6) is 0 Å². The van der Waals surface area contributed by atoms with Crippen LogP contribution < -0.4 is 5.32 Å². The van der Waals surface area contributed by atoms with Crippen molar-refractivity contribution in [2.75, 3.05) is 19.7 Å². The maximum Gasteiger partial charge on any atom is 0.161 e. The summed E-state index contributed by atoms with van der Waals surface area (Å²) in [4.78, 5) is 0. The molecule has 0 aliphatic carbocycles. The summed E-state index contributed by atoms with van der Waals surface area (Å²) in [6, 6.07) is 10.4. The second kappa shape index (κ2) is 7.52. The van der Waals surface area contributed by atoms with E-state index in [1.54, 1.807) is 0 Å². The molecule has 3 nitrogen and oxygen atoms in total. The summed E-state index contributed by atoms with van der Waals surface area (Å²) in [5.41, 5.74) is 1.27. The van der Waals surface area contributed by atoms with Gasteiger partial charge in [0, 0.05) is 13.0 Å². The van der Waals surface area contributed by atoms with E-state index >= 15 is 0 Å². The molecule has 100 valence electrons. The van der Waals surface area contributed by atoms with Gasteiger partial charge in [-0.2, -0.15) is 0 Å². The quantitative estimate of drug-likeness (QED) is 0.785. The summed E-state index contributed by atoms with van der Waals surface area (Å²) in [6.07, 6.45) is 3.22. The van der Waals surface area contributed by atoms with Crippen LogP contribution >= 0.6 is 0 Å². The molecular formula is C15H23NO2. The second-order valence-corrected chi connectivity index (χ2v) is 4.66. The molecule has 18 heavy (non-hydrogen) atoms. The lowest BCUT2D eigenvalue weighted by Gasteiger charge is -2.28. The molecule has 0 bridgehead atoms. The van der Waals surface area contributed by atoms with Crippen molar-refractivity contribution in [1.29, 1.82) is 0 Å². The van der Waals surface area contributed by atoms with Crippen LogP contribution in [0.1, 0.15) is 25.3 Å². The maximum atomic E-state index is 6.07. The van der Waals surface area contributed by atoms with E-state index in [0.717, 1.165) is 32.4 Å². The Kier molecular flexibility index (Phi) is 5.65. The lowest BCUT2D eigenvalue weighted by atomic mass is 10.1. The summed E-state index contributed by atoms with van der Waals surface area (Å²) in [5.74, 6) is 0. The van der Waals surface area contributed by atoms with Gasteiger partial charge in [-0.25, -0.2) is 0 Å². The van der Waals surface area contributed by atoms with Crippen molar-refractivity contribution in [3.8, 4) is 0 Å². The number of hydrogen-bond acceptors (Lipinski definition) is 3. The molecule has 1 unspecified atom stereocenters. The number of nitrogens with one attached hydrogen (secondary N) is 1. The smallest absolute Gasteiger partial charge is 0.161 e. The molecule has 0 aromatic heterocycles. The third-order valence-electron chi connectivity index (χ3n) is 3.23. The van der Waals surface area contributed by atoms with E-state index in [4.69, 9.17) is 9.47 Å². The topological polar surface area (TPSA) is 30.5 Å². The number of piperidine rings is 1. The fraction of sp³-hybridized carbons (Fsp3) is 0.600. The van der Waals surface area contributed by atoms with Gasteiger partial charge in [-0.15, -0.1) is 0 Å². The molecule has 1 aromatic carbocycles. The van der Waals surface area contributed by atoms with Crippen LogP contribution in [0.4, 0.5) is 0 Å². The summed E-state index contributed by atoms with van der Waals surface area (Å²) in [7, 11) is 0. The molecule has 0 amide bonds. The highest BCUT2D eigenvalue weighted by Gasteiger charge is 2.19. The first-order chi connectivity index (χ1) is 8.88. The van der Waals surface area contributed by atoms with Gasteiger partial charge in [0.15, 0.2) is 6.29 Å². The van der Waals surface area contributed by atoms with E-state index in [9.17, 15) is 0 Å². The van der Waals surface area contributed by atoms with E-state index in [1.807, 2.05) is 13.0 Å². The van der Waals surface area contributed by atoms with E-state index in [0.29, 0.717) is 12.7 Å². The third-order valence-corrected chi connectivity index (χ3v) is 3.23. The van der Waals surface area contributed by atoms with Crippen molar-refractivity contribution >= 4 is 0 Å². The molecule has 1 aliphatic rings. The molecule has 1 atom stereocenters. The van der Waals surface area contributed by atoms with Crippen LogP contribution in [-0.2, 0) is 15.9 Å². The largest absolute Gasteiger partial charge is 0.353 e. The van der Waals surface area contributed by atoms with E-state index in [1.165, 1.54) is 5.56 Å². The van der Waals surface area contributed by atoms with Crippen molar-refractivity contribution < 1.29 is 9.47 Å². The minimum Gasteiger partial charge on any atom is -0.353 e. The number of ether oxygens (including phenoxy) is 2. The van der Waals surface area contributed by atoms with Crippen molar-refractivity contribution in [3.05, 3.63) is 35.9 Å². The second-order valence-electron chi connectivity index (χ2n) is 4.66. The number of rotatable bonds is 6. The Balaban J connectivity index is 1.86. The Hall–Kier alpha value is -0.900. The molecule has 0 saturated carbocycles. The Morgan fingerprint density at radius 1 is 1.22 bits per heavy atom. The van der Waals surface area contributed by atoms with Gasteiger partial charge in [-0.05, 0) is 38.4 Å². The van der Waals surface area contributed by atoms with Crippen molar-refractivity contribution in [3.63, 3.8) is 0 Å². The molecule has 1 aliphatic heterocycles. The van der Waals surface area contributed by atoms with Gasteiger partial charge in [0.2, 0.25) is 0 Å². The Bertz CT molecular complexity index is 323. The van der Waals surface area contributed by atoms with Crippen molar-refractivity contribution in [1.82, 2.24) is 5.32 Å². The lowest BCUT2D eigenvalue weighted by Crippen LogP contribution is -2.36. The first-order valence-corrected chi connectivity index (χ1v) is 6.90. The maximum absolute atomic E-state index is 6.07. The summed E-state index contributed by atoms with van der Waals surface area (Å²) in [6.45, 7) is 4.82. The zero-order valence-electron chi connectivity index (χ0n) is 11.1. The van der Waals surface area contributed by atoms with Crippen LogP contribution in [0.15, 0.2) is 30.3 Å². The van der Waals surface area contributed by atoms with Gasteiger partial charge in [-0.1, -0.05) is 30.3 Å². The Labute approximate surface area is 109 Å². The summed E-state index contributed by atoms with van der Waals surface area (Å²) in [5, 5.41) is 3.35. The van der Waals surface area contributed by atoms with Gasteiger partial charge >= 0.3 is 0 Å². The normalized spacial score (nSPS) is 18.7. The monoisotopic (exact) mass is 249 g/mol. The average Bonchev–Trinajstić information content (AvgIpc) is 2.41. The Morgan fingerprint density at radius 3 is 2.61 bits per heavy atom. The van der Waals surface area contributed by atoms with E-state index in [-0.39, 0.29) is 6.29 Å². The molecule has 1 fully saturated rings. The zero-order valence-corrected chi connectivity index (χ0v) is 11.1. The highest BCUT2D eigenvalue weighted by atomic mass is 16.7. The Morgan fingerprint density at radius 2 is 1.94 bits per heavy atom. The van der Waals surface area contributed by atoms with Crippen LogP contribution in [0.2, 0.25) is 0 Å². The fourth-order valence-electron chi connectivity index (χ4n) is 2.28. The first-order valence-electron chi connectivity index (χ1n) is 6.90. The summed E-state index contributed by atoms with van der Waals surface area (Å²) < 4.78 is 11.8. The lowest BCUT2D eigenvalue weighted by molar-refractivity contribution is -0.171. The molecule has 2 rings (SSSR count). The molecule has 1 saturated heterocycles. The SMILES string of the molecule is CCOC(Cc1ccccc1)OC1CCNCC1. The molecule has 3 heteroatoms. The van der Waals surface area contributed by atoms with E-state index < -0.39 is 0 Å². The molecular weight excluding hydrogens is 226 g/mol. The van der Waals surface area contributed by atoms with Crippen LogP contribution in [0, 0.1) is 0 Å². The molecule has 1 N–H and O–H groups in total. The van der Waals surface area contributed by atoms with Gasteiger partial charge in [-0.3, -0.25) is 0 Å². The average molecular weight is 249 g/mol. The minimum atomic E-state index is -0.111. The van der Waals surface area contributed by atoms with Crippen LogP contribution in [-0.4, -0.2) is 32.1 Å². The van der Waals surface area contributed by atoms with Gasteiger partial charge in [0.05, 0.1) is 6.10 Å². The van der Waals surface area contributed by atoms with Gasteiger partial charge in [0.25, 0.3) is 0 Å². The predicted molar refractivity (Wildman–Crippen MR) is 72.5 cm³/mol. The molecule has 0 radical (unpaired) electrons. The predicted octanol–water partition coefficient (Wildman–Crippen LogP) is 2.36. The van der Waals surface area contributed by atoms with Crippen molar-refractivity contribution in [2.24, 2.45) is 0 Å². The van der Waals surface area contributed by atoms with Crippen molar-refractivity contribution in [2.45, 2.75) is 38.6 Å². The fourth-order valence-corrected chi connectivity index (χ4v) is 2.28. The third kappa shape index (κ3) is 4.41. The van der Waals surface area contributed by atoms with Crippen LogP contribution in [0.3, 0.4) is 0 Å². The molecule has 1 aromatic rings. The van der Waals surface area contributed by atoms with E-state index in [2.05, 4.69) is 29.6 Å². The standard InChI is InChI=1S/C15H23NO2/c1-2-17-15(12-13-6-4-3-5-7-13)18-14-8-10-16-11-9-14/h3-7,14-16H,2,8-12H2,1H3. The number of hydrogen-bond donors (Lipinski definition) is 1. The summed E-state index contributed by atoms with van der Waals surface area (Å²) >= 11 is 0. The molecule has 0 spiro atoms.